The van der Waals surface area contributed by atoms with E-state index in [9.17, 15) is 10.2 Å². The molecular weight excluding hydrogens is 292 g/mol. The van der Waals surface area contributed by atoms with Gasteiger partial charge in [-0.3, -0.25) is 9.80 Å². The maximum absolute atomic E-state index is 10.4. The monoisotopic (exact) mass is 322 g/mol. The number of aliphatic hydroxyl groups excluding tert-OH is 2. The van der Waals surface area contributed by atoms with Crippen molar-refractivity contribution in [3.05, 3.63) is 35.9 Å². The number of nitrogens with zero attached hydrogens (tertiary/aromatic N) is 2. The Bertz CT molecular complexity index is 433. The summed E-state index contributed by atoms with van der Waals surface area (Å²) in [4.78, 5) is 4.37. The van der Waals surface area contributed by atoms with E-state index in [-0.39, 0.29) is 18.8 Å². The van der Waals surface area contributed by atoms with Gasteiger partial charge in [0.2, 0.25) is 0 Å². The first-order chi connectivity index (χ1) is 11.1. The fraction of sp³-hybridized carbons (Fsp3) is 0.667. The summed E-state index contributed by atoms with van der Waals surface area (Å²) in [5, 5.41) is 19.7. The van der Waals surface area contributed by atoms with Gasteiger partial charge in [0.15, 0.2) is 0 Å². The van der Waals surface area contributed by atoms with Crippen LogP contribution in [0.25, 0.3) is 0 Å². The number of rotatable bonds is 8. The molecule has 3 unspecified atom stereocenters. The van der Waals surface area contributed by atoms with Crippen molar-refractivity contribution in [2.45, 2.75) is 38.7 Å². The fourth-order valence-electron chi connectivity index (χ4n) is 3.31. The number of aliphatic hydroxyl groups is 2. The molecule has 5 nitrogen and oxygen atoms in total. The molecule has 3 atom stereocenters. The van der Waals surface area contributed by atoms with Gasteiger partial charge in [-0.05, 0) is 19.4 Å². The van der Waals surface area contributed by atoms with Crippen LogP contribution in [-0.2, 0) is 11.3 Å². The molecule has 1 fully saturated rings. The predicted molar refractivity (Wildman–Crippen MR) is 91.3 cm³/mol. The Morgan fingerprint density at radius 2 is 1.87 bits per heavy atom. The van der Waals surface area contributed by atoms with Gasteiger partial charge in [-0.2, -0.15) is 0 Å². The molecule has 1 saturated heterocycles. The molecule has 130 valence electrons. The fourth-order valence-corrected chi connectivity index (χ4v) is 3.31. The molecule has 1 aromatic carbocycles. The summed E-state index contributed by atoms with van der Waals surface area (Å²) >= 11 is 0. The van der Waals surface area contributed by atoms with E-state index in [1.807, 2.05) is 18.2 Å². The molecule has 1 aliphatic heterocycles. The zero-order valence-electron chi connectivity index (χ0n) is 14.3. The van der Waals surface area contributed by atoms with Crippen LogP contribution in [0.4, 0.5) is 0 Å². The van der Waals surface area contributed by atoms with Crippen molar-refractivity contribution in [3.63, 3.8) is 0 Å². The van der Waals surface area contributed by atoms with Gasteiger partial charge in [-0.15, -0.1) is 0 Å². The molecule has 0 aromatic heterocycles. The quantitative estimate of drug-likeness (QED) is 0.746. The molecule has 23 heavy (non-hydrogen) atoms. The lowest BCUT2D eigenvalue weighted by atomic mass is 10.2. The highest BCUT2D eigenvalue weighted by Gasteiger charge is 2.24. The number of hydrogen-bond donors (Lipinski definition) is 2. The van der Waals surface area contributed by atoms with E-state index >= 15 is 0 Å². The Morgan fingerprint density at radius 3 is 2.48 bits per heavy atom. The molecular formula is C18H30N2O3. The Labute approximate surface area is 139 Å². The zero-order valence-corrected chi connectivity index (χ0v) is 14.3. The average Bonchev–Trinajstić information content (AvgIpc) is 2.47. The topological polar surface area (TPSA) is 56.2 Å². The summed E-state index contributed by atoms with van der Waals surface area (Å²) in [7, 11) is 0. The average molecular weight is 322 g/mol. The van der Waals surface area contributed by atoms with Crippen molar-refractivity contribution in [2.24, 2.45) is 0 Å². The van der Waals surface area contributed by atoms with Crippen molar-refractivity contribution < 1.29 is 14.9 Å². The van der Waals surface area contributed by atoms with Gasteiger partial charge in [0, 0.05) is 39.3 Å². The molecule has 0 bridgehead atoms. The lowest BCUT2D eigenvalue weighted by Crippen LogP contribution is -2.49. The van der Waals surface area contributed by atoms with Crippen molar-refractivity contribution in [3.8, 4) is 0 Å². The number of β-amino-alcohol motifs (C(OH)–C–C–N with tert-alkyl or cyclic N) is 1. The third kappa shape index (κ3) is 6.57. The molecule has 0 amide bonds. The van der Waals surface area contributed by atoms with E-state index in [0.29, 0.717) is 19.6 Å². The number of ether oxygens (including phenoxy) is 1. The molecule has 2 rings (SSSR count). The van der Waals surface area contributed by atoms with Crippen molar-refractivity contribution in [1.29, 1.82) is 0 Å². The highest BCUT2D eigenvalue weighted by atomic mass is 16.5. The first-order valence-corrected chi connectivity index (χ1v) is 8.50. The van der Waals surface area contributed by atoms with E-state index in [4.69, 9.17) is 4.74 Å². The van der Waals surface area contributed by atoms with Crippen LogP contribution in [0.2, 0.25) is 0 Å². The van der Waals surface area contributed by atoms with Crippen LogP contribution in [0.15, 0.2) is 30.3 Å². The Morgan fingerprint density at radius 1 is 1.22 bits per heavy atom. The second-order valence-corrected chi connectivity index (χ2v) is 6.57. The molecule has 2 N–H and O–H groups in total. The zero-order chi connectivity index (χ0) is 16.7. The lowest BCUT2D eigenvalue weighted by Gasteiger charge is -2.37. The van der Waals surface area contributed by atoms with Crippen LogP contribution in [0, 0.1) is 0 Å². The number of benzene rings is 1. The summed E-state index contributed by atoms with van der Waals surface area (Å²) in [6, 6.07) is 10.2. The third-order valence-electron chi connectivity index (χ3n) is 4.10. The molecule has 1 aliphatic rings. The van der Waals surface area contributed by atoms with Crippen LogP contribution in [-0.4, -0.2) is 77.7 Å². The maximum Gasteiger partial charge on any atom is 0.0793 e. The van der Waals surface area contributed by atoms with E-state index in [2.05, 4.69) is 35.8 Å². The smallest absolute Gasteiger partial charge is 0.0793 e. The maximum atomic E-state index is 10.4. The Kier molecular flexibility index (Phi) is 7.46. The Balaban J connectivity index is 1.83. The minimum atomic E-state index is -0.428. The first kappa shape index (κ1) is 18.4. The van der Waals surface area contributed by atoms with Gasteiger partial charge in [0.1, 0.15) is 0 Å². The molecule has 0 aliphatic carbocycles. The molecule has 0 radical (unpaired) electrons. The third-order valence-corrected chi connectivity index (χ3v) is 4.10. The summed E-state index contributed by atoms with van der Waals surface area (Å²) in [5.41, 5.74) is 1.20. The number of hydrogen-bond acceptors (Lipinski definition) is 5. The molecule has 1 heterocycles. The first-order valence-electron chi connectivity index (χ1n) is 8.50. The van der Waals surface area contributed by atoms with E-state index in [1.165, 1.54) is 5.56 Å². The van der Waals surface area contributed by atoms with Crippen LogP contribution in [0.5, 0.6) is 0 Å². The highest BCUT2D eigenvalue weighted by molar-refractivity contribution is 5.14. The largest absolute Gasteiger partial charge is 0.395 e. The van der Waals surface area contributed by atoms with E-state index < -0.39 is 6.10 Å². The van der Waals surface area contributed by atoms with Crippen LogP contribution < -0.4 is 0 Å². The van der Waals surface area contributed by atoms with E-state index in [0.717, 1.165) is 19.6 Å². The summed E-state index contributed by atoms with van der Waals surface area (Å²) in [6.45, 7) is 8.50. The lowest BCUT2D eigenvalue weighted by molar-refractivity contribution is -0.0782. The van der Waals surface area contributed by atoms with Gasteiger partial charge < -0.3 is 14.9 Å². The van der Waals surface area contributed by atoms with Crippen molar-refractivity contribution >= 4 is 0 Å². The second-order valence-electron chi connectivity index (χ2n) is 6.57. The molecule has 5 heteroatoms. The standard InChI is InChI=1S/C18H30N2O3/c1-15-10-20(11-16(2)23-15)14-18(22)13-19(8-9-21)12-17-6-4-3-5-7-17/h3-7,15-16,18,21-22H,8-14H2,1-2H3. The second kappa shape index (κ2) is 9.35. The minimum absolute atomic E-state index is 0.102. The van der Waals surface area contributed by atoms with Gasteiger partial charge >= 0.3 is 0 Å². The predicted octanol–water partition coefficient (Wildman–Crippen LogP) is 0.951. The van der Waals surface area contributed by atoms with Crippen LogP contribution >= 0.6 is 0 Å². The van der Waals surface area contributed by atoms with Gasteiger partial charge in [0.05, 0.1) is 24.9 Å². The van der Waals surface area contributed by atoms with Crippen molar-refractivity contribution in [2.75, 3.05) is 39.3 Å². The summed E-state index contributed by atoms with van der Waals surface area (Å²) in [6.07, 6.45) is -0.00427. The van der Waals surface area contributed by atoms with Gasteiger partial charge in [-0.25, -0.2) is 0 Å². The SMILES string of the molecule is CC1CN(CC(O)CN(CCO)Cc2ccccc2)CC(C)O1. The molecule has 0 saturated carbocycles. The highest BCUT2D eigenvalue weighted by Crippen LogP contribution is 2.12. The summed E-state index contributed by atoms with van der Waals surface area (Å²) in [5.74, 6) is 0. The molecule has 0 spiro atoms. The Hall–Kier alpha value is -0.980. The van der Waals surface area contributed by atoms with Gasteiger partial charge in [0.25, 0.3) is 0 Å². The van der Waals surface area contributed by atoms with Crippen LogP contribution in [0.3, 0.4) is 0 Å². The number of morpholine rings is 1. The van der Waals surface area contributed by atoms with Gasteiger partial charge in [-0.1, -0.05) is 30.3 Å². The summed E-state index contributed by atoms with van der Waals surface area (Å²) < 4.78 is 5.73. The van der Waals surface area contributed by atoms with Crippen molar-refractivity contribution in [1.82, 2.24) is 9.80 Å². The normalized spacial score (nSPS) is 24.0. The minimum Gasteiger partial charge on any atom is -0.395 e. The van der Waals surface area contributed by atoms with E-state index in [1.54, 1.807) is 0 Å². The molecule has 1 aromatic rings. The van der Waals surface area contributed by atoms with Crippen LogP contribution in [0.1, 0.15) is 19.4 Å².